The average molecular weight is 565 g/mol. The summed E-state index contributed by atoms with van der Waals surface area (Å²) in [6.07, 6.45) is 9.19. The van der Waals surface area contributed by atoms with Gasteiger partial charge in [0.1, 0.15) is 5.82 Å². The maximum atomic E-state index is 14.8. The van der Waals surface area contributed by atoms with Gasteiger partial charge >= 0.3 is 0 Å². The molecule has 0 radical (unpaired) electrons. The van der Waals surface area contributed by atoms with E-state index in [9.17, 15) is 4.39 Å². The number of pyridine rings is 2. The van der Waals surface area contributed by atoms with Crippen LogP contribution in [0.15, 0.2) is 73.7 Å². The van der Waals surface area contributed by atoms with Crippen molar-refractivity contribution in [1.82, 2.24) is 35.4 Å². The molecule has 0 saturated carbocycles. The number of aromatic nitrogens is 5. The van der Waals surface area contributed by atoms with Gasteiger partial charge < -0.3 is 20.5 Å². The first-order chi connectivity index (χ1) is 20.4. The summed E-state index contributed by atoms with van der Waals surface area (Å²) in [5.41, 5.74) is 9.63. The Morgan fingerprint density at radius 1 is 1.07 bits per heavy atom. The van der Waals surface area contributed by atoms with Gasteiger partial charge in [-0.05, 0) is 80.7 Å². The van der Waals surface area contributed by atoms with Gasteiger partial charge in [0.25, 0.3) is 0 Å². The molecule has 5 rings (SSSR count). The Balaban J connectivity index is 1.50. The molecule has 1 aromatic carbocycles. The number of halogens is 1. The Morgan fingerprint density at radius 3 is 2.69 bits per heavy atom. The van der Waals surface area contributed by atoms with E-state index in [2.05, 4.69) is 72.4 Å². The summed E-state index contributed by atoms with van der Waals surface area (Å²) >= 11 is 0. The fourth-order valence-electron chi connectivity index (χ4n) is 4.98. The van der Waals surface area contributed by atoms with Crippen LogP contribution < -0.4 is 10.6 Å². The van der Waals surface area contributed by atoms with Crippen LogP contribution in [0.5, 0.6) is 0 Å². The van der Waals surface area contributed by atoms with Gasteiger partial charge in [-0.25, -0.2) is 9.37 Å². The Morgan fingerprint density at radius 2 is 1.90 bits per heavy atom. The van der Waals surface area contributed by atoms with Crippen LogP contribution in [0.2, 0.25) is 0 Å². The molecule has 42 heavy (non-hydrogen) atoms. The number of nitrogens with zero attached hydrogens (tertiary/aromatic N) is 4. The number of fused-ring (bicyclic) bond motifs is 1. The molecule has 0 aliphatic rings. The number of benzene rings is 1. The SMILES string of the molecule is C=C/C=C(/c1cc(F)cc(NCCN(C)C)c1)c1cc(-c2[nH]nc3ncc(-c4cncc(CNCC)c4)cc23)[nH]c1C. The maximum Gasteiger partial charge on any atom is 0.181 e. The van der Waals surface area contributed by atoms with E-state index in [1.165, 1.54) is 6.07 Å². The highest BCUT2D eigenvalue weighted by atomic mass is 19.1. The summed E-state index contributed by atoms with van der Waals surface area (Å²) in [5.74, 6) is -0.301. The number of allylic oxidation sites excluding steroid dienone is 2. The first-order valence-corrected chi connectivity index (χ1v) is 14.1. The largest absolute Gasteiger partial charge is 0.384 e. The first kappa shape index (κ1) is 28.9. The molecular weight excluding hydrogens is 527 g/mol. The van der Waals surface area contributed by atoms with Crippen molar-refractivity contribution < 1.29 is 4.39 Å². The topological polar surface area (TPSA) is 97.6 Å². The third-order valence-electron chi connectivity index (χ3n) is 7.07. The van der Waals surface area contributed by atoms with Gasteiger partial charge in [0.05, 0.1) is 11.4 Å². The molecule has 0 aliphatic carbocycles. The van der Waals surface area contributed by atoms with E-state index in [0.717, 1.165) is 81.2 Å². The minimum Gasteiger partial charge on any atom is -0.384 e. The van der Waals surface area contributed by atoms with Crippen molar-refractivity contribution in [3.63, 3.8) is 0 Å². The third kappa shape index (κ3) is 6.48. The molecule has 0 spiro atoms. The summed E-state index contributed by atoms with van der Waals surface area (Å²) in [4.78, 5) is 14.6. The smallest absolute Gasteiger partial charge is 0.181 e. The monoisotopic (exact) mass is 564 g/mol. The van der Waals surface area contributed by atoms with Crippen LogP contribution in [0.1, 0.15) is 29.3 Å². The number of anilines is 1. The number of hydrogen-bond acceptors (Lipinski definition) is 6. The van der Waals surface area contributed by atoms with Crippen molar-refractivity contribution in [1.29, 1.82) is 0 Å². The van der Waals surface area contributed by atoms with Crippen LogP contribution in [0.25, 0.3) is 39.1 Å². The fourth-order valence-corrected chi connectivity index (χ4v) is 4.98. The molecule has 216 valence electrons. The Labute approximate surface area is 245 Å². The van der Waals surface area contributed by atoms with Crippen LogP contribution in [-0.2, 0) is 6.54 Å². The van der Waals surface area contributed by atoms with Crippen molar-refractivity contribution in [3.05, 3.63) is 102 Å². The molecule has 0 fully saturated rings. The normalized spacial score (nSPS) is 11.9. The van der Waals surface area contributed by atoms with Crippen molar-refractivity contribution >= 4 is 22.3 Å². The average Bonchev–Trinajstić information content (AvgIpc) is 3.57. The zero-order chi connectivity index (χ0) is 29.6. The summed E-state index contributed by atoms with van der Waals surface area (Å²) in [5, 5.41) is 15.2. The van der Waals surface area contributed by atoms with Gasteiger partial charge in [-0.15, -0.1) is 0 Å². The highest BCUT2D eigenvalue weighted by molar-refractivity contribution is 5.94. The van der Waals surface area contributed by atoms with Crippen molar-refractivity contribution in [2.24, 2.45) is 0 Å². The molecule has 0 aliphatic heterocycles. The summed E-state index contributed by atoms with van der Waals surface area (Å²) in [6.45, 7) is 11.2. The van der Waals surface area contributed by atoms with E-state index in [0.29, 0.717) is 12.2 Å². The molecule has 0 unspecified atom stereocenters. The van der Waals surface area contributed by atoms with Crippen molar-refractivity contribution in [2.75, 3.05) is 39.0 Å². The lowest BCUT2D eigenvalue weighted by Gasteiger charge is -2.14. The molecule has 4 N–H and O–H groups in total. The van der Waals surface area contributed by atoms with Crippen molar-refractivity contribution in [3.8, 4) is 22.5 Å². The van der Waals surface area contributed by atoms with E-state index in [1.54, 1.807) is 12.1 Å². The molecule has 0 amide bonds. The molecule has 0 saturated heterocycles. The van der Waals surface area contributed by atoms with Crippen LogP contribution in [0.4, 0.5) is 10.1 Å². The number of rotatable bonds is 12. The van der Waals surface area contributed by atoms with E-state index in [1.807, 2.05) is 51.8 Å². The van der Waals surface area contributed by atoms with Gasteiger partial charge in [-0.2, -0.15) is 5.10 Å². The highest BCUT2D eigenvalue weighted by Crippen LogP contribution is 2.34. The molecule has 0 bridgehead atoms. The van der Waals surface area contributed by atoms with Gasteiger partial charge in [-0.1, -0.05) is 25.7 Å². The maximum absolute atomic E-state index is 14.8. The number of H-pyrrole nitrogens is 2. The second kappa shape index (κ2) is 12.9. The number of nitrogens with one attached hydrogen (secondary N) is 4. The van der Waals surface area contributed by atoms with Crippen LogP contribution >= 0.6 is 0 Å². The second-order valence-corrected chi connectivity index (χ2v) is 10.6. The Hall–Kier alpha value is -4.60. The predicted octanol–water partition coefficient (Wildman–Crippen LogP) is 6.16. The molecule has 4 heterocycles. The third-order valence-corrected chi connectivity index (χ3v) is 7.07. The number of hydrogen-bond donors (Lipinski definition) is 4. The lowest BCUT2D eigenvalue weighted by atomic mass is 9.96. The predicted molar refractivity (Wildman–Crippen MR) is 170 cm³/mol. The van der Waals surface area contributed by atoms with Crippen LogP contribution in [0.3, 0.4) is 0 Å². The minimum atomic E-state index is -0.301. The zero-order valence-electron chi connectivity index (χ0n) is 24.6. The second-order valence-electron chi connectivity index (χ2n) is 10.6. The minimum absolute atomic E-state index is 0.301. The standard InChI is InChI=1S/C33H37FN8/c1-6-8-28(23-12-26(34)15-27(13-23)37-9-10-42(4)5)29-16-31(39-21(29)3)32-30-14-25(20-38-33(30)41-40-32)24-11-22(17-35-7-2)18-36-19-24/h6,8,11-16,18-20,35,37,39H,1,7,9-10,17H2,2-5H3,(H,38,40,41)/b28-8-. The molecule has 9 heteroatoms. The van der Waals surface area contributed by atoms with Crippen LogP contribution in [-0.4, -0.2) is 63.8 Å². The zero-order valence-corrected chi connectivity index (χ0v) is 24.6. The quantitative estimate of drug-likeness (QED) is 0.136. The molecule has 0 atom stereocenters. The van der Waals surface area contributed by atoms with Crippen molar-refractivity contribution in [2.45, 2.75) is 20.4 Å². The summed E-state index contributed by atoms with van der Waals surface area (Å²) in [6, 6.07) is 11.3. The van der Waals surface area contributed by atoms with Gasteiger partial charge in [-0.3, -0.25) is 10.1 Å². The fraction of sp³-hybridized carbons (Fsp3) is 0.242. The molecule has 5 aromatic rings. The lowest BCUT2D eigenvalue weighted by Crippen LogP contribution is -2.20. The van der Waals surface area contributed by atoms with Gasteiger partial charge in [0.2, 0.25) is 0 Å². The summed E-state index contributed by atoms with van der Waals surface area (Å²) in [7, 11) is 4.02. The van der Waals surface area contributed by atoms with Gasteiger partial charge in [0.15, 0.2) is 5.65 Å². The number of likely N-dealkylation sites (N-methyl/N-ethyl adjacent to an activating group) is 1. The highest BCUT2D eigenvalue weighted by Gasteiger charge is 2.17. The van der Waals surface area contributed by atoms with Crippen LogP contribution in [0, 0.1) is 12.7 Å². The lowest BCUT2D eigenvalue weighted by molar-refractivity contribution is 0.425. The summed E-state index contributed by atoms with van der Waals surface area (Å²) < 4.78 is 14.8. The van der Waals surface area contributed by atoms with Gasteiger partial charge in [0, 0.05) is 71.7 Å². The number of aromatic amines is 2. The molecule has 4 aromatic heterocycles. The van der Waals surface area contributed by atoms with E-state index < -0.39 is 0 Å². The number of aryl methyl sites for hydroxylation is 1. The van der Waals surface area contributed by atoms with E-state index in [4.69, 9.17) is 0 Å². The molecular formula is C33H37FN8. The van der Waals surface area contributed by atoms with E-state index >= 15 is 0 Å². The molecule has 8 nitrogen and oxygen atoms in total. The first-order valence-electron chi connectivity index (χ1n) is 14.1. The van der Waals surface area contributed by atoms with E-state index in [-0.39, 0.29) is 5.82 Å². The Bertz CT molecular complexity index is 1730. The Kier molecular flexibility index (Phi) is 8.90.